The van der Waals surface area contributed by atoms with E-state index in [1.165, 1.54) is 32.1 Å². The molecule has 0 spiro atoms. The maximum Gasteiger partial charge on any atom is 0.252 e. The van der Waals surface area contributed by atoms with Crippen molar-refractivity contribution in [3.05, 3.63) is 59.7 Å². The van der Waals surface area contributed by atoms with Crippen LogP contribution in [0.1, 0.15) is 89.2 Å². The zero-order valence-corrected chi connectivity index (χ0v) is 25.1. The molecule has 1 aliphatic heterocycles. The first-order valence-corrected chi connectivity index (χ1v) is 15.8. The van der Waals surface area contributed by atoms with Crippen LogP contribution in [0.15, 0.2) is 48.5 Å². The molecule has 2 aromatic rings. The van der Waals surface area contributed by atoms with E-state index in [4.69, 9.17) is 4.74 Å². The molecule has 2 aliphatic rings. The average molecular weight is 547 g/mol. The predicted molar refractivity (Wildman–Crippen MR) is 163 cm³/mol. The molecular weight excluding hydrogens is 496 g/mol. The number of piperidine rings is 1. The summed E-state index contributed by atoms with van der Waals surface area (Å²) in [5.74, 6) is 1.70. The van der Waals surface area contributed by atoms with Gasteiger partial charge in [-0.25, -0.2) is 0 Å². The van der Waals surface area contributed by atoms with Crippen molar-refractivity contribution in [2.24, 2.45) is 11.8 Å². The summed E-state index contributed by atoms with van der Waals surface area (Å²) in [7, 11) is 1.91. The summed E-state index contributed by atoms with van der Waals surface area (Å²) in [5.41, 5.74) is 4.55. The highest BCUT2D eigenvalue weighted by atomic mass is 16.5. The third kappa shape index (κ3) is 9.47. The Kier molecular flexibility index (Phi) is 11.6. The molecular formula is C35H50N2O3. The van der Waals surface area contributed by atoms with Gasteiger partial charge < -0.3 is 14.5 Å². The van der Waals surface area contributed by atoms with Crippen molar-refractivity contribution in [3.63, 3.8) is 0 Å². The fourth-order valence-corrected chi connectivity index (χ4v) is 5.52. The zero-order chi connectivity index (χ0) is 28.3. The standard InChI is InChI=1S/C35H50N2O3/c1-4-5-6-7-8-12-34(38)36(3)25-30-10-9-11-32(23-30)31-17-15-28(16-18-31)24-33(40-26-29-13-14-29)35(39)37-21-19-27(2)20-22-37/h9-11,15-18,23,27,29,33H,4-8,12-14,19-22,24-26H2,1-3H3. The quantitative estimate of drug-likeness (QED) is 0.221. The van der Waals surface area contributed by atoms with Gasteiger partial charge in [0.15, 0.2) is 0 Å². The van der Waals surface area contributed by atoms with Crippen LogP contribution in [0.2, 0.25) is 0 Å². The molecule has 1 heterocycles. The Hall–Kier alpha value is -2.66. The minimum absolute atomic E-state index is 0.156. The molecule has 0 aromatic heterocycles. The van der Waals surface area contributed by atoms with Crippen LogP contribution in [0.4, 0.5) is 0 Å². The Morgan fingerprint density at radius 1 is 0.925 bits per heavy atom. The second kappa shape index (κ2) is 15.4. The van der Waals surface area contributed by atoms with E-state index < -0.39 is 6.10 Å². The molecule has 1 aliphatic carbocycles. The van der Waals surface area contributed by atoms with E-state index in [2.05, 4.69) is 62.4 Å². The van der Waals surface area contributed by atoms with Crippen LogP contribution in [0, 0.1) is 11.8 Å². The van der Waals surface area contributed by atoms with Crippen LogP contribution in [0.25, 0.3) is 11.1 Å². The summed E-state index contributed by atoms with van der Waals surface area (Å²) in [6, 6.07) is 17.0. The van der Waals surface area contributed by atoms with E-state index in [1.807, 2.05) is 16.8 Å². The minimum atomic E-state index is -0.400. The monoisotopic (exact) mass is 546 g/mol. The van der Waals surface area contributed by atoms with Crippen molar-refractivity contribution in [2.75, 3.05) is 26.7 Å². The number of carbonyl (C=O) groups is 2. The molecule has 0 radical (unpaired) electrons. The molecule has 1 atom stereocenters. The number of hydrogen-bond acceptors (Lipinski definition) is 3. The van der Waals surface area contributed by atoms with Crippen molar-refractivity contribution >= 4 is 11.8 Å². The predicted octanol–water partition coefficient (Wildman–Crippen LogP) is 7.27. The average Bonchev–Trinajstić information content (AvgIpc) is 3.80. The molecule has 0 bridgehead atoms. The van der Waals surface area contributed by atoms with Gasteiger partial charge in [-0.3, -0.25) is 9.59 Å². The van der Waals surface area contributed by atoms with Gasteiger partial charge in [0.05, 0.1) is 6.61 Å². The highest BCUT2D eigenvalue weighted by Gasteiger charge is 2.30. The fraction of sp³-hybridized carbons (Fsp3) is 0.600. The van der Waals surface area contributed by atoms with Gasteiger partial charge in [0, 0.05) is 39.5 Å². The molecule has 5 heteroatoms. The number of rotatable bonds is 15. The normalized spacial score (nSPS) is 16.6. The zero-order valence-electron chi connectivity index (χ0n) is 25.1. The molecule has 2 amide bonds. The number of amides is 2. The number of ether oxygens (including phenoxy) is 1. The van der Waals surface area contributed by atoms with Crippen LogP contribution in [0.5, 0.6) is 0 Å². The van der Waals surface area contributed by atoms with Crippen LogP contribution < -0.4 is 0 Å². The van der Waals surface area contributed by atoms with E-state index in [0.29, 0.717) is 37.8 Å². The van der Waals surface area contributed by atoms with Gasteiger partial charge in [-0.15, -0.1) is 0 Å². The number of hydrogen-bond donors (Lipinski definition) is 0. The summed E-state index contributed by atoms with van der Waals surface area (Å²) in [6.45, 7) is 7.49. The van der Waals surface area contributed by atoms with Gasteiger partial charge in [-0.05, 0) is 72.3 Å². The summed E-state index contributed by atoms with van der Waals surface area (Å²) >= 11 is 0. The largest absolute Gasteiger partial charge is 0.368 e. The van der Waals surface area contributed by atoms with Crippen molar-refractivity contribution in [1.29, 1.82) is 0 Å². The van der Waals surface area contributed by atoms with Crippen molar-refractivity contribution in [3.8, 4) is 11.1 Å². The molecule has 4 rings (SSSR count). The summed E-state index contributed by atoms with van der Waals surface area (Å²) in [4.78, 5) is 29.8. The van der Waals surface area contributed by atoms with E-state index in [0.717, 1.165) is 61.0 Å². The maximum atomic E-state index is 13.4. The lowest BCUT2D eigenvalue weighted by Crippen LogP contribution is -2.45. The molecule has 1 saturated heterocycles. The van der Waals surface area contributed by atoms with Gasteiger partial charge in [-0.2, -0.15) is 0 Å². The Bertz CT molecular complexity index is 1070. The first kappa shape index (κ1) is 30.3. The Labute approximate surface area is 242 Å². The van der Waals surface area contributed by atoms with Gasteiger partial charge >= 0.3 is 0 Å². The van der Waals surface area contributed by atoms with E-state index >= 15 is 0 Å². The van der Waals surface area contributed by atoms with Crippen LogP contribution in [0.3, 0.4) is 0 Å². The summed E-state index contributed by atoms with van der Waals surface area (Å²) in [5, 5.41) is 0. The van der Waals surface area contributed by atoms with E-state index in [-0.39, 0.29) is 11.8 Å². The first-order chi connectivity index (χ1) is 19.4. The van der Waals surface area contributed by atoms with Gasteiger partial charge in [0.25, 0.3) is 5.91 Å². The third-order valence-electron chi connectivity index (χ3n) is 8.58. The van der Waals surface area contributed by atoms with Crippen molar-refractivity contribution in [2.45, 2.75) is 97.1 Å². The molecule has 1 saturated carbocycles. The maximum absolute atomic E-state index is 13.4. The second-order valence-corrected chi connectivity index (χ2v) is 12.3. The molecule has 2 fully saturated rings. The number of nitrogens with zero attached hydrogens (tertiary/aromatic N) is 2. The van der Waals surface area contributed by atoms with Crippen LogP contribution in [-0.4, -0.2) is 54.5 Å². The summed E-state index contributed by atoms with van der Waals surface area (Å²) < 4.78 is 6.22. The Morgan fingerprint density at radius 3 is 2.35 bits per heavy atom. The summed E-state index contributed by atoms with van der Waals surface area (Å²) in [6.07, 6.45) is 11.3. The first-order valence-electron chi connectivity index (χ1n) is 15.8. The topological polar surface area (TPSA) is 49.9 Å². The Balaban J connectivity index is 1.33. The number of unbranched alkanes of at least 4 members (excludes halogenated alkanes) is 4. The van der Waals surface area contributed by atoms with E-state index in [9.17, 15) is 9.59 Å². The third-order valence-corrected chi connectivity index (χ3v) is 8.58. The highest BCUT2D eigenvalue weighted by molar-refractivity contribution is 5.81. The number of carbonyl (C=O) groups excluding carboxylic acids is 2. The van der Waals surface area contributed by atoms with Crippen molar-refractivity contribution in [1.82, 2.24) is 9.80 Å². The molecule has 5 nitrogen and oxygen atoms in total. The molecule has 0 N–H and O–H groups in total. The SMILES string of the molecule is CCCCCCCC(=O)N(C)Cc1cccc(-c2ccc(CC(OCC3CC3)C(=O)N3CCC(C)CC3)cc2)c1. The fourth-order valence-electron chi connectivity index (χ4n) is 5.52. The Morgan fingerprint density at radius 2 is 1.65 bits per heavy atom. The highest BCUT2D eigenvalue weighted by Crippen LogP contribution is 2.30. The number of benzene rings is 2. The lowest BCUT2D eigenvalue weighted by molar-refractivity contribution is -0.145. The van der Waals surface area contributed by atoms with E-state index in [1.54, 1.807) is 0 Å². The van der Waals surface area contributed by atoms with Gasteiger partial charge in [0.2, 0.25) is 5.91 Å². The molecule has 40 heavy (non-hydrogen) atoms. The molecule has 2 aromatic carbocycles. The molecule has 218 valence electrons. The van der Waals surface area contributed by atoms with Crippen LogP contribution in [-0.2, 0) is 27.3 Å². The minimum Gasteiger partial charge on any atom is -0.368 e. The van der Waals surface area contributed by atoms with Gasteiger partial charge in [0.1, 0.15) is 6.10 Å². The smallest absolute Gasteiger partial charge is 0.252 e. The molecule has 1 unspecified atom stereocenters. The lowest BCUT2D eigenvalue weighted by atomic mass is 9.97. The lowest BCUT2D eigenvalue weighted by Gasteiger charge is -2.33. The van der Waals surface area contributed by atoms with Gasteiger partial charge in [-0.1, -0.05) is 82.0 Å². The van der Waals surface area contributed by atoms with Crippen molar-refractivity contribution < 1.29 is 14.3 Å². The second-order valence-electron chi connectivity index (χ2n) is 12.3. The van der Waals surface area contributed by atoms with Crippen LogP contribution >= 0.6 is 0 Å². The number of likely N-dealkylation sites (tertiary alicyclic amines) is 1.